The van der Waals surface area contributed by atoms with E-state index in [9.17, 15) is 9.59 Å². The number of fused-ring (bicyclic) bond motifs is 2. The molecule has 1 atom stereocenters. The van der Waals surface area contributed by atoms with Gasteiger partial charge in [-0.3, -0.25) is 4.79 Å². The Balaban J connectivity index is 1.49. The smallest absolute Gasteiger partial charge is 0.338 e. The second-order valence-corrected chi connectivity index (χ2v) is 9.25. The van der Waals surface area contributed by atoms with Crippen LogP contribution in [0.2, 0.25) is 0 Å². The molecule has 0 aromatic heterocycles. The van der Waals surface area contributed by atoms with Crippen LogP contribution in [0.5, 0.6) is 17.2 Å². The summed E-state index contributed by atoms with van der Waals surface area (Å²) < 4.78 is 22.4. The van der Waals surface area contributed by atoms with Gasteiger partial charge in [0, 0.05) is 12.1 Å². The molecule has 0 spiro atoms. The fourth-order valence-electron chi connectivity index (χ4n) is 5.09. The molecule has 39 heavy (non-hydrogen) atoms. The molecule has 7 nitrogen and oxygen atoms in total. The average Bonchev–Trinajstić information content (AvgIpc) is 2.98. The molecule has 1 unspecified atom stereocenters. The van der Waals surface area contributed by atoms with E-state index < -0.39 is 0 Å². The highest BCUT2D eigenvalue weighted by Crippen LogP contribution is 2.39. The number of benzene rings is 4. The summed E-state index contributed by atoms with van der Waals surface area (Å²) in [4.78, 5) is 28.0. The lowest BCUT2D eigenvalue weighted by Crippen LogP contribution is -2.42. The minimum Gasteiger partial charge on any atom is -0.493 e. The summed E-state index contributed by atoms with van der Waals surface area (Å²) in [6.07, 6.45) is 0.678. The quantitative estimate of drug-likeness (QED) is 0.269. The van der Waals surface area contributed by atoms with E-state index in [2.05, 4.69) is 0 Å². The van der Waals surface area contributed by atoms with Crippen molar-refractivity contribution in [3.8, 4) is 17.2 Å². The predicted octanol–water partition coefficient (Wildman–Crippen LogP) is 5.85. The Morgan fingerprint density at radius 2 is 1.62 bits per heavy atom. The molecule has 4 aromatic rings. The Morgan fingerprint density at radius 3 is 2.36 bits per heavy atom. The second-order valence-electron chi connectivity index (χ2n) is 9.25. The highest BCUT2D eigenvalue weighted by molar-refractivity contribution is 6.07. The van der Waals surface area contributed by atoms with Gasteiger partial charge in [0.15, 0.2) is 11.5 Å². The molecule has 200 valence electrons. The van der Waals surface area contributed by atoms with Crippen LogP contribution < -0.4 is 14.2 Å². The van der Waals surface area contributed by atoms with Crippen molar-refractivity contribution in [3.63, 3.8) is 0 Å². The second kappa shape index (κ2) is 11.5. The molecule has 0 bridgehead atoms. The molecule has 5 rings (SSSR count). The first-order valence-electron chi connectivity index (χ1n) is 13.0. The lowest BCUT2D eigenvalue weighted by Gasteiger charge is -2.38. The zero-order valence-electron chi connectivity index (χ0n) is 22.3. The van der Waals surface area contributed by atoms with Gasteiger partial charge in [-0.1, -0.05) is 36.4 Å². The minimum atomic E-state index is -0.377. The normalized spacial score (nSPS) is 14.4. The van der Waals surface area contributed by atoms with E-state index in [0.717, 1.165) is 21.9 Å². The molecule has 4 aromatic carbocycles. The van der Waals surface area contributed by atoms with E-state index in [4.69, 9.17) is 18.9 Å². The van der Waals surface area contributed by atoms with Crippen LogP contribution >= 0.6 is 0 Å². The molecule has 1 aliphatic rings. The third kappa shape index (κ3) is 5.25. The number of amides is 1. The average molecular weight is 526 g/mol. The molecule has 1 aliphatic heterocycles. The first-order chi connectivity index (χ1) is 19.0. The van der Waals surface area contributed by atoms with Crippen LogP contribution in [0, 0.1) is 0 Å². The molecule has 1 heterocycles. The zero-order chi connectivity index (χ0) is 27.4. The van der Waals surface area contributed by atoms with Crippen molar-refractivity contribution in [1.82, 2.24) is 4.90 Å². The number of methoxy groups -OCH3 is 2. The third-order valence-corrected chi connectivity index (χ3v) is 7.06. The van der Waals surface area contributed by atoms with Crippen molar-refractivity contribution in [3.05, 3.63) is 101 Å². The fraction of sp³-hybridized carbons (Fsp3) is 0.250. The number of hydrogen-bond acceptors (Lipinski definition) is 6. The van der Waals surface area contributed by atoms with E-state index in [1.165, 1.54) is 0 Å². The van der Waals surface area contributed by atoms with Crippen molar-refractivity contribution < 1.29 is 28.5 Å². The van der Waals surface area contributed by atoms with Gasteiger partial charge in [-0.25, -0.2) is 4.79 Å². The summed E-state index contributed by atoms with van der Waals surface area (Å²) in [6, 6.07) is 24.1. The molecule has 0 aliphatic carbocycles. The van der Waals surface area contributed by atoms with Crippen LogP contribution in [0.3, 0.4) is 0 Å². The number of nitrogens with zero attached hydrogens (tertiary/aromatic N) is 1. The third-order valence-electron chi connectivity index (χ3n) is 7.06. The first kappa shape index (κ1) is 26.1. The number of hydrogen-bond donors (Lipinski definition) is 0. The molecule has 1 amide bonds. The molecular weight excluding hydrogens is 494 g/mol. The molecule has 0 saturated heterocycles. The minimum absolute atomic E-state index is 0.0570. The fourth-order valence-corrected chi connectivity index (χ4v) is 5.09. The van der Waals surface area contributed by atoms with Gasteiger partial charge >= 0.3 is 5.97 Å². The SMILES string of the molecule is CCOC(=O)c1ccc(OCC2c3cc(OC)c(OC)cc3CCN2C(=O)c2cccc3ccccc23)cc1. The van der Waals surface area contributed by atoms with E-state index in [1.807, 2.05) is 59.5 Å². The molecule has 0 N–H and O–H groups in total. The van der Waals surface area contributed by atoms with Crippen molar-refractivity contribution in [1.29, 1.82) is 0 Å². The van der Waals surface area contributed by atoms with Gasteiger partial charge in [0.1, 0.15) is 12.4 Å². The van der Waals surface area contributed by atoms with Crippen molar-refractivity contribution in [2.24, 2.45) is 0 Å². The van der Waals surface area contributed by atoms with Gasteiger partial charge < -0.3 is 23.8 Å². The van der Waals surface area contributed by atoms with Crippen LogP contribution in [0.15, 0.2) is 78.9 Å². The van der Waals surface area contributed by atoms with Crippen molar-refractivity contribution >= 4 is 22.6 Å². The maximum atomic E-state index is 14.1. The standard InChI is InChI=1S/C32H31NO6/c1-4-38-32(35)22-12-14-24(15-13-22)39-20-28-27-19-30(37-3)29(36-2)18-23(27)16-17-33(28)31(34)26-11-7-9-21-8-5-6-10-25(21)26/h5-15,18-19,28H,4,16-17,20H2,1-3H3. The lowest BCUT2D eigenvalue weighted by molar-refractivity contribution is 0.0524. The summed E-state index contributed by atoms with van der Waals surface area (Å²) in [7, 11) is 3.21. The van der Waals surface area contributed by atoms with Crippen LogP contribution in [0.4, 0.5) is 0 Å². The summed E-state index contributed by atoms with van der Waals surface area (Å²) in [5.74, 6) is 1.41. The van der Waals surface area contributed by atoms with Crippen LogP contribution in [0.1, 0.15) is 44.8 Å². The first-order valence-corrected chi connectivity index (χ1v) is 13.0. The highest BCUT2D eigenvalue weighted by atomic mass is 16.5. The molecule has 7 heteroatoms. The maximum Gasteiger partial charge on any atom is 0.338 e. The molecular formula is C32H31NO6. The molecule has 0 fully saturated rings. The predicted molar refractivity (Wildman–Crippen MR) is 149 cm³/mol. The van der Waals surface area contributed by atoms with Gasteiger partial charge in [-0.2, -0.15) is 0 Å². The summed E-state index contributed by atoms with van der Waals surface area (Å²) in [5.41, 5.74) is 3.15. The van der Waals surface area contributed by atoms with Crippen LogP contribution in [0.25, 0.3) is 10.8 Å². The zero-order valence-corrected chi connectivity index (χ0v) is 22.3. The van der Waals surface area contributed by atoms with E-state index >= 15 is 0 Å². The van der Waals surface area contributed by atoms with Gasteiger partial charge in [0.2, 0.25) is 0 Å². The highest BCUT2D eigenvalue weighted by Gasteiger charge is 2.34. The monoisotopic (exact) mass is 525 g/mol. The number of carbonyl (C=O) groups is 2. The summed E-state index contributed by atoms with van der Waals surface area (Å²) in [5, 5.41) is 1.93. The number of rotatable bonds is 8. The molecule has 0 radical (unpaired) electrons. The van der Waals surface area contributed by atoms with E-state index in [0.29, 0.717) is 47.9 Å². The molecule has 0 saturated carbocycles. The van der Waals surface area contributed by atoms with Crippen LogP contribution in [-0.4, -0.2) is 50.8 Å². The summed E-state index contributed by atoms with van der Waals surface area (Å²) >= 11 is 0. The van der Waals surface area contributed by atoms with Crippen molar-refractivity contribution in [2.45, 2.75) is 19.4 Å². The van der Waals surface area contributed by atoms with Gasteiger partial charge in [0.05, 0.1) is 32.4 Å². The van der Waals surface area contributed by atoms with Gasteiger partial charge in [-0.15, -0.1) is 0 Å². The summed E-state index contributed by atoms with van der Waals surface area (Å²) in [6.45, 7) is 2.83. The van der Waals surface area contributed by atoms with Gasteiger partial charge in [-0.05, 0) is 77.7 Å². The lowest BCUT2D eigenvalue weighted by atomic mass is 9.91. The Morgan fingerprint density at radius 1 is 0.897 bits per heavy atom. The van der Waals surface area contributed by atoms with E-state index in [-0.39, 0.29) is 24.5 Å². The van der Waals surface area contributed by atoms with Crippen molar-refractivity contribution in [2.75, 3.05) is 34.0 Å². The van der Waals surface area contributed by atoms with Gasteiger partial charge in [0.25, 0.3) is 5.91 Å². The Labute approximate surface area is 227 Å². The largest absolute Gasteiger partial charge is 0.493 e. The maximum absolute atomic E-state index is 14.1. The number of esters is 1. The number of ether oxygens (including phenoxy) is 4. The number of carbonyl (C=O) groups excluding carboxylic acids is 2. The Bertz CT molecular complexity index is 1490. The van der Waals surface area contributed by atoms with Crippen LogP contribution in [-0.2, 0) is 11.2 Å². The van der Waals surface area contributed by atoms with E-state index in [1.54, 1.807) is 45.4 Å². The Hall–Kier alpha value is -4.52. The Kier molecular flexibility index (Phi) is 7.68. The topological polar surface area (TPSA) is 74.3 Å².